The number of alkyl halides is 2. The Labute approximate surface area is 169 Å². The third-order valence-corrected chi connectivity index (χ3v) is 4.93. The lowest BCUT2D eigenvalue weighted by molar-refractivity contribution is -0.0493. The molecule has 0 aliphatic rings. The molecule has 2 aromatic carbocycles. The van der Waals surface area contributed by atoms with Crippen molar-refractivity contribution in [2.45, 2.75) is 20.1 Å². The average Bonchev–Trinajstić information content (AvgIpc) is 3.12. The maximum absolute atomic E-state index is 12.6. The Morgan fingerprint density at radius 2 is 1.93 bits per heavy atom. The molecular weight excluding hydrogens is 408 g/mol. The molecular formula is C20H16ClF2NO3S. The molecule has 3 aromatic rings. The Balaban J connectivity index is 1.66. The number of hydrogen-bond acceptors (Lipinski definition) is 4. The summed E-state index contributed by atoms with van der Waals surface area (Å²) in [6.45, 7) is -0.897. The summed E-state index contributed by atoms with van der Waals surface area (Å²) in [7, 11) is 0. The van der Waals surface area contributed by atoms with Crippen molar-refractivity contribution in [1.29, 1.82) is 0 Å². The first-order valence-electron chi connectivity index (χ1n) is 8.23. The molecule has 0 aliphatic carbocycles. The number of hydrogen-bond donors (Lipinski definition) is 1. The van der Waals surface area contributed by atoms with Gasteiger partial charge < -0.3 is 14.8 Å². The van der Waals surface area contributed by atoms with Gasteiger partial charge in [0.15, 0.2) is 0 Å². The third-order valence-electron chi connectivity index (χ3n) is 3.70. The molecule has 3 rings (SSSR count). The first-order valence-corrected chi connectivity index (χ1v) is 9.49. The first-order chi connectivity index (χ1) is 13.4. The van der Waals surface area contributed by atoms with Gasteiger partial charge >= 0.3 is 6.61 Å². The van der Waals surface area contributed by atoms with Crippen LogP contribution in [-0.2, 0) is 6.61 Å². The lowest BCUT2D eigenvalue weighted by Crippen LogP contribution is -2.13. The summed E-state index contributed by atoms with van der Waals surface area (Å²) >= 11 is 7.07. The average molecular weight is 424 g/mol. The number of carbonyl (C=O) groups excluding carboxylic acids is 1. The number of halogens is 3. The van der Waals surface area contributed by atoms with E-state index in [0.29, 0.717) is 15.6 Å². The lowest BCUT2D eigenvalue weighted by atomic mass is 10.2. The standard InChI is InChI=1S/C20H16ClF2NO3S/c1-12-2-7-17(27-20(22)23)16(8-12)24-19(25)18-9-13(11-28-18)10-26-15-5-3-14(21)4-6-15/h2-9,11,20H,10H2,1H3,(H,24,25). The van der Waals surface area contributed by atoms with Gasteiger partial charge in [-0.3, -0.25) is 4.79 Å². The normalized spacial score (nSPS) is 10.8. The molecule has 1 heterocycles. The van der Waals surface area contributed by atoms with Crippen molar-refractivity contribution in [2.24, 2.45) is 0 Å². The molecule has 0 bridgehead atoms. The predicted octanol–water partition coefficient (Wildman–Crippen LogP) is 6.14. The van der Waals surface area contributed by atoms with Crippen LogP contribution in [0.1, 0.15) is 20.8 Å². The molecule has 0 fully saturated rings. The van der Waals surface area contributed by atoms with E-state index >= 15 is 0 Å². The second kappa shape index (κ2) is 9.03. The molecule has 146 valence electrons. The largest absolute Gasteiger partial charge is 0.489 e. The van der Waals surface area contributed by atoms with Gasteiger partial charge in [-0.05, 0) is 60.3 Å². The van der Waals surface area contributed by atoms with E-state index in [4.69, 9.17) is 16.3 Å². The summed E-state index contributed by atoms with van der Waals surface area (Å²) in [5.74, 6) is 0.166. The van der Waals surface area contributed by atoms with E-state index in [1.165, 1.54) is 17.4 Å². The molecule has 1 N–H and O–H groups in total. The number of anilines is 1. The fourth-order valence-electron chi connectivity index (χ4n) is 2.39. The van der Waals surface area contributed by atoms with E-state index in [-0.39, 0.29) is 18.0 Å². The summed E-state index contributed by atoms with van der Waals surface area (Å²) in [6, 6.07) is 13.3. The first kappa shape index (κ1) is 20.1. The maximum atomic E-state index is 12.6. The number of ether oxygens (including phenoxy) is 2. The van der Waals surface area contributed by atoms with Crippen molar-refractivity contribution >= 4 is 34.5 Å². The Hall–Kier alpha value is -2.64. The van der Waals surface area contributed by atoms with Gasteiger partial charge in [0.2, 0.25) is 0 Å². The number of benzene rings is 2. The Kier molecular flexibility index (Phi) is 6.49. The minimum absolute atomic E-state index is 0.0863. The molecule has 28 heavy (non-hydrogen) atoms. The van der Waals surface area contributed by atoms with Gasteiger partial charge in [0, 0.05) is 10.6 Å². The van der Waals surface area contributed by atoms with Gasteiger partial charge in [-0.15, -0.1) is 11.3 Å². The summed E-state index contributed by atoms with van der Waals surface area (Å²) in [5.41, 5.74) is 1.82. The van der Waals surface area contributed by atoms with E-state index in [9.17, 15) is 13.6 Å². The SMILES string of the molecule is Cc1ccc(OC(F)F)c(NC(=O)c2cc(COc3ccc(Cl)cc3)cs2)c1. The zero-order chi connectivity index (χ0) is 20.1. The molecule has 1 aromatic heterocycles. The van der Waals surface area contributed by atoms with Crippen LogP contribution in [0.15, 0.2) is 53.9 Å². The smallest absolute Gasteiger partial charge is 0.387 e. The van der Waals surface area contributed by atoms with E-state index < -0.39 is 12.5 Å². The van der Waals surface area contributed by atoms with Crippen molar-refractivity contribution < 1.29 is 23.0 Å². The van der Waals surface area contributed by atoms with Crippen molar-refractivity contribution in [1.82, 2.24) is 0 Å². The number of rotatable bonds is 7. The summed E-state index contributed by atoms with van der Waals surface area (Å²) < 4.78 is 35.2. The van der Waals surface area contributed by atoms with Crippen LogP contribution in [0.3, 0.4) is 0 Å². The molecule has 8 heteroatoms. The summed E-state index contributed by atoms with van der Waals surface area (Å²) in [4.78, 5) is 12.9. The van der Waals surface area contributed by atoms with Crippen molar-refractivity contribution in [3.8, 4) is 11.5 Å². The zero-order valence-corrected chi connectivity index (χ0v) is 16.3. The van der Waals surface area contributed by atoms with Gasteiger partial charge in [-0.25, -0.2) is 0 Å². The topological polar surface area (TPSA) is 47.6 Å². The van der Waals surface area contributed by atoms with Gasteiger partial charge in [0.1, 0.15) is 18.1 Å². The van der Waals surface area contributed by atoms with Crippen LogP contribution in [0.5, 0.6) is 11.5 Å². The fourth-order valence-corrected chi connectivity index (χ4v) is 3.31. The van der Waals surface area contributed by atoms with E-state index in [2.05, 4.69) is 10.1 Å². The van der Waals surface area contributed by atoms with Gasteiger partial charge in [0.05, 0.1) is 10.6 Å². The molecule has 0 atom stereocenters. The quantitative estimate of drug-likeness (QED) is 0.496. The molecule has 0 radical (unpaired) electrons. The Bertz CT molecular complexity index is 960. The number of thiophene rings is 1. The minimum atomic E-state index is -2.98. The number of nitrogens with one attached hydrogen (secondary N) is 1. The maximum Gasteiger partial charge on any atom is 0.387 e. The molecule has 4 nitrogen and oxygen atoms in total. The van der Waals surface area contributed by atoms with Crippen molar-refractivity contribution in [3.63, 3.8) is 0 Å². The summed E-state index contributed by atoms with van der Waals surface area (Å²) in [6.07, 6.45) is 0. The number of aryl methyl sites for hydroxylation is 1. The van der Waals surface area contributed by atoms with Crippen LogP contribution >= 0.6 is 22.9 Å². The fraction of sp³-hybridized carbons (Fsp3) is 0.150. The predicted molar refractivity (Wildman–Crippen MR) is 106 cm³/mol. The van der Waals surface area contributed by atoms with Gasteiger partial charge in [0.25, 0.3) is 5.91 Å². The highest BCUT2D eigenvalue weighted by Gasteiger charge is 2.15. The molecule has 0 saturated carbocycles. The number of carbonyl (C=O) groups is 1. The molecule has 0 unspecified atom stereocenters. The molecule has 0 saturated heterocycles. The molecule has 0 aliphatic heterocycles. The Morgan fingerprint density at radius 1 is 1.18 bits per heavy atom. The van der Waals surface area contributed by atoms with Crippen LogP contribution < -0.4 is 14.8 Å². The molecule has 0 spiro atoms. The van der Waals surface area contributed by atoms with Crippen molar-refractivity contribution in [3.05, 3.63) is 74.9 Å². The Morgan fingerprint density at radius 3 is 2.64 bits per heavy atom. The lowest BCUT2D eigenvalue weighted by Gasteiger charge is -2.12. The number of amides is 1. The highest BCUT2D eigenvalue weighted by molar-refractivity contribution is 7.12. The second-order valence-corrected chi connectivity index (χ2v) is 7.24. The highest BCUT2D eigenvalue weighted by atomic mass is 35.5. The minimum Gasteiger partial charge on any atom is -0.489 e. The van der Waals surface area contributed by atoms with Crippen LogP contribution in [-0.4, -0.2) is 12.5 Å². The van der Waals surface area contributed by atoms with Crippen LogP contribution in [0, 0.1) is 6.92 Å². The van der Waals surface area contributed by atoms with Crippen LogP contribution in [0.25, 0.3) is 0 Å². The van der Waals surface area contributed by atoms with Gasteiger partial charge in [-0.1, -0.05) is 17.7 Å². The zero-order valence-electron chi connectivity index (χ0n) is 14.7. The van der Waals surface area contributed by atoms with E-state index in [1.807, 2.05) is 0 Å². The third kappa shape index (κ3) is 5.43. The monoisotopic (exact) mass is 423 g/mol. The van der Waals surface area contributed by atoms with E-state index in [1.54, 1.807) is 54.8 Å². The van der Waals surface area contributed by atoms with Crippen LogP contribution in [0.4, 0.5) is 14.5 Å². The highest BCUT2D eigenvalue weighted by Crippen LogP contribution is 2.28. The molecule has 1 amide bonds. The van der Waals surface area contributed by atoms with Gasteiger partial charge in [-0.2, -0.15) is 8.78 Å². The van der Waals surface area contributed by atoms with Crippen molar-refractivity contribution in [2.75, 3.05) is 5.32 Å². The second-order valence-electron chi connectivity index (χ2n) is 5.89. The van der Waals surface area contributed by atoms with E-state index in [0.717, 1.165) is 11.1 Å². The summed E-state index contributed by atoms with van der Waals surface area (Å²) in [5, 5.41) is 5.05. The van der Waals surface area contributed by atoms with Crippen LogP contribution in [0.2, 0.25) is 5.02 Å².